The second-order valence-electron chi connectivity index (χ2n) is 6.50. The van der Waals surface area contributed by atoms with E-state index in [0.717, 1.165) is 45.4 Å². The minimum absolute atomic E-state index is 0.208. The van der Waals surface area contributed by atoms with E-state index in [-0.39, 0.29) is 12.1 Å². The molecule has 0 aliphatic carbocycles. The first-order chi connectivity index (χ1) is 11.6. The van der Waals surface area contributed by atoms with Crippen molar-refractivity contribution in [3.8, 4) is 0 Å². The number of carbonyl (C=O) groups excluding carboxylic acids is 2. The van der Waals surface area contributed by atoms with Crippen LogP contribution in [0.5, 0.6) is 0 Å². The third-order valence-electron chi connectivity index (χ3n) is 5.29. The number of nitrogens with zero attached hydrogens (tertiary/aromatic N) is 2. The molecule has 1 amide bonds. The summed E-state index contributed by atoms with van der Waals surface area (Å²) in [5, 5.41) is 0. The molecule has 0 aromatic rings. The van der Waals surface area contributed by atoms with Gasteiger partial charge in [0, 0.05) is 39.3 Å². The molecule has 2 aliphatic heterocycles. The van der Waals surface area contributed by atoms with E-state index in [1.807, 2.05) is 6.92 Å². The summed E-state index contributed by atoms with van der Waals surface area (Å²) in [5.41, 5.74) is -0.799. The monoisotopic (exact) mass is 342 g/mol. The summed E-state index contributed by atoms with van der Waals surface area (Å²) in [5.74, 6) is -0.279. The van der Waals surface area contributed by atoms with Gasteiger partial charge in [0.1, 0.15) is 0 Å². The molecule has 0 bridgehead atoms. The van der Waals surface area contributed by atoms with Crippen LogP contribution in [0.1, 0.15) is 39.0 Å². The molecule has 7 heteroatoms. The molecule has 2 rings (SSSR count). The Kier molecular flexibility index (Phi) is 6.86. The molecule has 0 saturated carbocycles. The first kappa shape index (κ1) is 19.0. The zero-order valence-corrected chi connectivity index (χ0v) is 15.1. The van der Waals surface area contributed by atoms with Crippen molar-refractivity contribution in [2.75, 3.05) is 47.0 Å². The standard InChI is InChI=1S/C17H30N2O5/c1-4-24-16(21)19-10-5-6-14(7-11-19)18-12-8-17(23-3,9-13-18)15(20)22-2/h14H,4-13H2,1-3H3. The van der Waals surface area contributed by atoms with Gasteiger partial charge in [-0.2, -0.15) is 0 Å². The van der Waals surface area contributed by atoms with Crippen molar-refractivity contribution in [1.82, 2.24) is 9.80 Å². The van der Waals surface area contributed by atoms with E-state index in [2.05, 4.69) is 4.90 Å². The molecule has 0 spiro atoms. The van der Waals surface area contributed by atoms with E-state index in [1.165, 1.54) is 7.11 Å². The summed E-state index contributed by atoms with van der Waals surface area (Å²) < 4.78 is 15.5. The van der Waals surface area contributed by atoms with Gasteiger partial charge in [-0.1, -0.05) is 0 Å². The molecule has 0 aromatic carbocycles. The van der Waals surface area contributed by atoms with Crippen LogP contribution < -0.4 is 0 Å². The van der Waals surface area contributed by atoms with Crippen LogP contribution in [0.4, 0.5) is 4.79 Å². The Morgan fingerprint density at radius 3 is 2.38 bits per heavy atom. The summed E-state index contributed by atoms with van der Waals surface area (Å²) in [6.07, 6.45) is 4.07. The van der Waals surface area contributed by atoms with Crippen LogP contribution in [-0.2, 0) is 19.0 Å². The third-order valence-corrected chi connectivity index (χ3v) is 5.29. The zero-order valence-electron chi connectivity index (χ0n) is 15.1. The van der Waals surface area contributed by atoms with Crippen molar-refractivity contribution in [3.63, 3.8) is 0 Å². The molecule has 7 nitrogen and oxygen atoms in total. The van der Waals surface area contributed by atoms with Gasteiger partial charge in [0.2, 0.25) is 0 Å². The Morgan fingerprint density at radius 1 is 1.08 bits per heavy atom. The first-order valence-electron chi connectivity index (χ1n) is 8.85. The highest BCUT2D eigenvalue weighted by molar-refractivity contribution is 5.79. The average molecular weight is 342 g/mol. The Morgan fingerprint density at radius 2 is 1.79 bits per heavy atom. The van der Waals surface area contributed by atoms with Gasteiger partial charge in [0.15, 0.2) is 5.60 Å². The molecule has 2 fully saturated rings. The number of amides is 1. The topological polar surface area (TPSA) is 68.3 Å². The third kappa shape index (κ3) is 4.19. The van der Waals surface area contributed by atoms with E-state index in [9.17, 15) is 9.59 Å². The highest BCUT2D eigenvalue weighted by atomic mass is 16.6. The summed E-state index contributed by atoms with van der Waals surface area (Å²) in [7, 11) is 2.99. The van der Waals surface area contributed by atoms with Crippen LogP contribution in [0, 0.1) is 0 Å². The molecule has 0 aromatic heterocycles. The highest BCUT2D eigenvalue weighted by Gasteiger charge is 2.43. The van der Waals surface area contributed by atoms with Crippen molar-refractivity contribution in [2.24, 2.45) is 0 Å². The number of piperidine rings is 1. The highest BCUT2D eigenvalue weighted by Crippen LogP contribution is 2.30. The van der Waals surface area contributed by atoms with E-state index >= 15 is 0 Å². The van der Waals surface area contributed by atoms with Crippen LogP contribution in [0.2, 0.25) is 0 Å². The quantitative estimate of drug-likeness (QED) is 0.724. The van der Waals surface area contributed by atoms with Gasteiger partial charge < -0.3 is 24.0 Å². The maximum atomic E-state index is 12.0. The fourth-order valence-electron chi connectivity index (χ4n) is 3.77. The SMILES string of the molecule is CCOC(=O)N1CCCC(N2CCC(OC)(C(=O)OC)CC2)CC1. The van der Waals surface area contributed by atoms with Crippen LogP contribution >= 0.6 is 0 Å². The minimum Gasteiger partial charge on any atom is -0.467 e. The predicted octanol–water partition coefficient (Wildman–Crippen LogP) is 1.65. The van der Waals surface area contributed by atoms with Gasteiger partial charge in [-0.05, 0) is 39.0 Å². The summed E-state index contributed by atoms with van der Waals surface area (Å²) in [4.78, 5) is 28.1. The van der Waals surface area contributed by atoms with Gasteiger partial charge in [0.25, 0.3) is 0 Å². The fourth-order valence-corrected chi connectivity index (χ4v) is 3.77. The molecule has 0 N–H and O–H groups in total. The van der Waals surface area contributed by atoms with Crippen molar-refractivity contribution in [1.29, 1.82) is 0 Å². The number of ether oxygens (including phenoxy) is 3. The van der Waals surface area contributed by atoms with Crippen molar-refractivity contribution >= 4 is 12.1 Å². The maximum Gasteiger partial charge on any atom is 0.409 e. The van der Waals surface area contributed by atoms with Gasteiger partial charge in [-0.3, -0.25) is 0 Å². The largest absolute Gasteiger partial charge is 0.467 e. The van der Waals surface area contributed by atoms with Crippen molar-refractivity contribution in [2.45, 2.75) is 50.7 Å². The molecule has 2 heterocycles. The number of esters is 1. The molecular formula is C17H30N2O5. The smallest absolute Gasteiger partial charge is 0.409 e. The number of methoxy groups -OCH3 is 2. The number of likely N-dealkylation sites (tertiary alicyclic amines) is 2. The number of hydrogen-bond donors (Lipinski definition) is 0. The molecule has 2 saturated heterocycles. The lowest BCUT2D eigenvalue weighted by Gasteiger charge is -2.41. The average Bonchev–Trinajstić information content (AvgIpc) is 2.87. The lowest BCUT2D eigenvalue weighted by atomic mass is 9.89. The second-order valence-corrected chi connectivity index (χ2v) is 6.50. The van der Waals surface area contributed by atoms with E-state index in [0.29, 0.717) is 25.5 Å². The Labute approximate surface area is 144 Å². The van der Waals surface area contributed by atoms with Crippen LogP contribution in [0.25, 0.3) is 0 Å². The lowest BCUT2D eigenvalue weighted by Crippen LogP contribution is -2.53. The van der Waals surface area contributed by atoms with Crippen molar-refractivity contribution < 1.29 is 23.8 Å². The molecule has 0 radical (unpaired) electrons. The van der Waals surface area contributed by atoms with E-state index in [4.69, 9.17) is 14.2 Å². The second kappa shape index (κ2) is 8.67. The van der Waals surface area contributed by atoms with Crippen LogP contribution in [-0.4, -0.2) is 80.5 Å². The number of hydrogen-bond acceptors (Lipinski definition) is 6. The zero-order chi connectivity index (χ0) is 17.6. The normalized spacial score (nSPS) is 25.0. The summed E-state index contributed by atoms with van der Waals surface area (Å²) >= 11 is 0. The lowest BCUT2D eigenvalue weighted by molar-refractivity contribution is -0.172. The van der Waals surface area contributed by atoms with Crippen LogP contribution in [0.15, 0.2) is 0 Å². The van der Waals surface area contributed by atoms with Crippen molar-refractivity contribution in [3.05, 3.63) is 0 Å². The number of rotatable bonds is 4. The molecule has 1 unspecified atom stereocenters. The van der Waals surface area contributed by atoms with E-state index in [1.54, 1.807) is 12.0 Å². The molecule has 2 aliphatic rings. The Balaban J connectivity index is 1.88. The summed E-state index contributed by atoms with van der Waals surface area (Å²) in [6, 6.07) is 0.442. The molecule has 138 valence electrons. The molecular weight excluding hydrogens is 312 g/mol. The number of carbonyl (C=O) groups is 2. The summed E-state index contributed by atoms with van der Waals surface area (Å²) in [6.45, 7) is 5.35. The van der Waals surface area contributed by atoms with Gasteiger partial charge in [-0.25, -0.2) is 9.59 Å². The van der Waals surface area contributed by atoms with Crippen LogP contribution in [0.3, 0.4) is 0 Å². The van der Waals surface area contributed by atoms with Gasteiger partial charge >= 0.3 is 12.1 Å². The molecule has 1 atom stereocenters. The Hall–Kier alpha value is -1.34. The minimum atomic E-state index is -0.799. The van der Waals surface area contributed by atoms with E-state index < -0.39 is 5.60 Å². The fraction of sp³-hybridized carbons (Fsp3) is 0.882. The van der Waals surface area contributed by atoms with Gasteiger partial charge in [-0.15, -0.1) is 0 Å². The maximum absolute atomic E-state index is 12.0. The van der Waals surface area contributed by atoms with Gasteiger partial charge in [0.05, 0.1) is 13.7 Å². The first-order valence-corrected chi connectivity index (χ1v) is 8.85. The predicted molar refractivity (Wildman–Crippen MR) is 88.8 cm³/mol. The molecule has 24 heavy (non-hydrogen) atoms. The Bertz CT molecular complexity index is 435.